The summed E-state index contributed by atoms with van der Waals surface area (Å²) < 4.78 is 16.9. The number of rotatable bonds is 16. The molecule has 2 fully saturated rings. The van der Waals surface area contributed by atoms with E-state index in [-0.39, 0.29) is 36.7 Å². The molecule has 3 N–H and O–H groups in total. The van der Waals surface area contributed by atoms with Gasteiger partial charge in [0.05, 0.1) is 37.9 Å². The molecule has 266 valence electrons. The number of allylic oxidation sites excluding steroid dienone is 2. The Morgan fingerprint density at radius 2 is 1.73 bits per heavy atom. The number of para-hydroxylation sites is 1. The fraction of sp³-hybridized carbons (Fsp3) is 0.366. The van der Waals surface area contributed by atoms with Gasteiger partial charge in [-0.05, 0) is 55.9 Å². The lowest BCUT2D eigenvalue weighted by molar-refractivity contribution is -0.142. The summed E-state index contributed by atoms with van der Waals surface area (Å²) in [5.74, 6) is 0.710. The third-order valence-corrected chi connectivity index (χ3v) is 9.72. The van der Waals surface area contributed by atoms with Gasteiger partial charge in [0, 0.05) is 35.2 Å². The zero-order valence-electron chi connectivity index (χ0n) is 29.2. The van der Waals surface area contributed by atoms with Gasteiger partial charge in [0.15, 0.2) is 0 Å². The van der Waals surface area contributed by atoms with Gasteiger partial charge in [-0.15, -0.1) is 0 Å². The summed E-state index contributed by atoms with van der Waals surface area (Å²) in [5.41, 5.74) is 9.14. The van der Waals surface area contributed by atoms with E-state index in [1.165, 1.54) is 7.11 Å². The first-order valence-corrected chi connectivity index (χ1v) is 17.7. The summed E-state index contributed by atoms with van der Waals surface area (Å²) >= 11 is 0. The van der Waals surface area contributed by atoms with Gasteiger partial charge in [-0.2, -0.15) is 0 Å². The second kappa shape index (κ2) is 16.6. The van der Waals surface area contributed by atoms with Crippen LogP contribution in [0.15, 0.2) is 97.1 Å². The number of ether oxygens (including phenoxy) is 3. The van der Waals surface area contributed by atoms with Crippen molar-refractivity contribution in [1.82, 2.24) is 9.88 Å². The topological polar surface area (TPSA) is 133 Å². The van der Waals surface area contributed by atoms with E-state index in [1.807, 2.05) is 84.9 Å². The molecular weight excluding hydrogens is 644 g/mol. The fourth-order valence-electron chi connectivity index (χ4n) is 6.83. The number of fused-ring (bicyclic) bond motifs is 1. The molecule has 6 rings (SSSR count). The van der Waals surface area contributed by atoms with Crippen molar-refractivity contribution in [2.45, 2.75) is 63.1 Å². The summed E-state index contributed by atoms with van der Waals surface area (Å²) in [6.45, 7) is 0.221. The number of carbonyl (C=O) groups is 3. The van der Waals surface area contributed by atoms with Crippen LogP contribution in [0.1, 0.15) is 44.9 Å². The monoisotopic (exact) mass is 690 g/mol. The second-order valence-electron chi connectivity index (χ2n) is 13.3. The molecule has 1 aliphatic carbocycles. The molecule has 2 amide bonds. The Morgan fingerprint density at radius 1 is 0.961 bits per heavy atom. The van der Waals surface area contributed by atoms with Crippen LogP contribution in [0.5, 0.6) is 11.5 Å². The number of unbranched alkanes of at least 4 members (excludes halogenated alkanes) is 3. The Hall–Kier alpha value is -5.38. The number of anilines is 1. The van der Waals surface area contributed by atoms with Crippen molar-refractivity contribution in [3.8, 4) is 22.8 Å². The van der Waals surface area contributed by atoms with Crippen molar-refractivity contribution >= 4 is 34.4 Å². The smallest absolute Gasteiger partial charge is 0.309 e. The zero-order chi connectivity index (χ0) is 35.7. The summed E-state index contributed by atoms with van der Waals surface area (Å²) in [4.78, 5) is 45.2. The second-order valence-corrected chi connectivity index (χ2v) is 13.3. The number of nitrogens with two attached hydrogens (primary N) is 1. The maximum Gasteiger partial charge on any atom is 0.309 e. The van der Waals surface area contributed by atoms with Gasteiger partial charge in [-0.25, -0.2) is 4.98 Å². The summed E-state index contributed by atoms with van der Waals surface area (Å²) in [5, 5.41) is 4.23. The fourth-order valence-corrected chi connectivity index (χ4v) is 6.83. The van der Waals surface area contributed by atoms with Gasteiger partial charge in [0.2, 0.25) is 11.8 Å². The third-order valence-electron chi connectivity index (χ3n) is 9.72. The maximum absolute atomic E-state index is 14.3. The van der Waals surface area contributed by atoms with E-state index >= 15 is 0 Å². The highest BCUT2D eigenvalue weighted by molar-refractivity contribution is 5.92. The lowest BCUT2D eigenvalue weighted by Crippen LogP contribution is -2.49. The minimum atomic E-state index is -0.800. The minimum Gasteiger partial charge on any atom is -0.497 e. The van der Waals surface area contributed by atoms with Crippen molar-refractivity contribution < 1.29 is 28.6 Å². The van der Waals surface area contributed by atoms with Crippen molar-refractivity contribution in [3.63, 3.8) is 0 Å². The number of pyridine rings is 1. The number of aromatic nitrogens is 1. The number of nitrogens with zero attached hydrogens (tertiary/aromatic N) is 2. The number of amides is 2. The number of benzene rings is 3. The Bertz CT molecular complexity index is 1850. The first-order chi connectivity index (χ1) is 24.8. The molecule has 2 aliphatic rings. The zero-order valence-corrected chi connectivity index (χ0v) is 29.2. The van der Waals surface area contributed by atoms with Crippen molar-refractivity contribution in [1.29, 1.82) is 0 Å². The van der Waals surface area contributed by atoms with Gasteiger partial charge < -0.3 is 30.2 Å². The SMILES string of the molecule is COC(=O)[C@H]1C[C@H]1/C=C\CCCCC[C@H](Nc1ccccc1)C(=O)N1CC(Oc2cc(-c3ccccc3)nc3cc(OC)ccc23)C[C@H]1C(N)=O. The van der Waals surface area contributed by atoms with Crippen LogP contribution in [-0.2, 0) is 19.1 Å². The predicted octanol–water partition coefficient (Wildman–Crippen LogP) is 6.54. The molecule has 0 bridgehead atoms. The average molecular weight is 691 g/mol. The molecule has 4 aromatic rings. The highest BCUT2D eigenvalue weighted by Gasteiger charge is 2.43. The normalized spacial score (nSPS) is 20.2. The highest BCUT2D eigenvalue weighted by atomic mass is 16.5. The Morgan fingerprint density at radius 3 is 2.45 bits per heavy atom. The quantitative estimate of drug-likeness (QED) is 0.0770. The van der Waals surface area contributed by atoms with E-state index in [0.717, 1.165) is 54.4 Å². The lowest BCUT2D eigenvalue weighted by Gasteiger charge is -2.28. The Balaban J connectivity index is 1.14. The molecule has 10 heteroatoms. The first kappa shape index (κ1) is 35.4. The average Bonchev–Trinajstić information content (AvgIpc) is 3.81. The number of carbonyl (C=O) groups excluding carboxylic acids is 3. The van der Waals surface area contributed by atoms with E-state index in [2.05, 4.69) is 17.5 Å². The Kier molecular flexibility index (Phi) is 11.5. The molecule has 2 heterocycles. The molecule has 1 aromatic heterocycles. The van der Waals surface area contributed by atoms with Crippen LogP contribution in [0.3, 0.4) is 0 Å². The van der Waals surface area contributed by atoms with Crippen LogP contribution >= 0.6 is 0 Å². The molecule has 10 nitrogen and oxygen atoms in total. The van der Waals surface area contributed by atoms with Crippen LogP contribution in [0.4, 0.5) is 5.69 Å². The molecular formula is C41H46N4O6. The van der Waals surface area contributed by atoms with Crippen LogP contribution in [0, 0.1) is 11.8 Å². The van der Waals surface area contributed by atoms with Crippen LogP contribution in [-0.4, -0.2) is 66.6 Å². The van der Waals surface area contributed by atoms with E-state index in [9.17, 15) is 14.4 Å². The largest absolute Gasteiger partial charge is 0.497 e. The molecule has 1 unspecified atom stereocenters. The van der Waals surface area contributed by atoms with E-state index < -0.39 is 24.1 Å². The lowest BCUT2D eigenvalue weighted by atomic mass is 10.0. The van der Waals surface area contributed by atoms with Crippen molar-refractivity contribution in [2.75, 3.05) is 26.1 Å². The number of esters is 1. The number of primary amides is 1. The standard InChI is InChI=1S/C41H46N4O6/c1-49-30-20-21-32-36(23-30)44-35(27-14-9-6-10-15-27)25-38(32)51-31-24-37(39(42)46)45(26-31)40(47)34(43-29-17-11-7-12-18-29)19-13-5-3-4-8-16-28-22-33(28)41(48)50-2/h6-12,14-18,20-21,23,25,28,31,33-34,37,43H,3-5,13,19,22,24,26H2,1-2H3,(H2,42,46)/b16-8-/t28-,31?,33+,34+,37+/m1/s1. The van der Waals surface area contributed by atoms with Gasteiger partial charge in [0.25, 0.3) is 0 Å². The first-order valence-electron chi connectivity index (χ1n) is 17.7. The molecule has 5 atom stereocenters. The van der Waals surface area contributed by atoms with Crippen LogP contribution in [0.2, 0.25) is 0 Å². The molecule has 1 saturated carbocycles. The predicted molar refractivity (Wildman–Crippen MR) is 197 cm³/mol. The van der Waals surface area contributed by atoms with E-state index in [0.29, 0.717) is 23.4 Å². The third kappa shape index (κ3) is 8.86. The molecule has 51 heavy (non-hydrogen) atoms. The van der Waals surface area contributed by atoms with Gasteiger partial charge in [-0.3, -0.25) is 14.4 Å². The number of likely N-dealkylation sites (tertiary alicyclic amines) is 1. The molecule has 0 radical (unpaired) electrons. The van der Waals surface area contributed by atoms with Gasteiger partial charge in [-0.1, -0.05) is 73.5 Å². The summed E-state index contributed by atoms with van der Waals surface area (Å²) in [6, 6.07) is 25.7. The maximum atomic E-state index is 14.3. The van der Waals surface area contributed by atoms with Crippen LogP contribution < -0.4 is 20.5 Å². The van der Waals surface area contributed by atoms with Gasteiger partial charge >= 0.3 is 5.97 Å². The number of methoxy groups -OCH3 is 2. The van der Waals surface area contributed by atoms with E-state index in [1.54, 1.807) is 12.0 Å². The molecule has 1 saturated heterocycles. The van der Waals surface area contributed by atoms with Crippen molar-refractivity contribution in [3.05, 3.63) is 97.1 Å². The van der Waals surface area contributed by atoms with Gasteiger partial charge in [0.1, 0.15) is 29.7 Å². The minimum absolute atomic E-state index is 0.00167. The highest BCUT2D eigenvalue weighted by Crippen LogP contribution is 2.40. The summed E-state index contributed by atoms with van der Waals surface area (Å²) in [6.07, 6.45) is 9.17. The van der Waals surface area contributed by atoms with E-state index in [4.69, 9.17) is 24.9 Å². The molecule has 3 aromatic carbocycles. The number of hydrogen-bond acceptors (Lipinski definition) is 8. The number of hydrogen-bond donors (Lipinski definition) is 2. The molecule has 1 aliphatic heterocycles. The summed E-state index contributed by atoms with van der Waals surface area (Å²) in [7, 11) is 3.05. The number of nitrogens with one attached hydrogen (secondary N) is 1. The van der Waals surface area contributed by atoms with Crippen LogP contribution in [0.25, 0.3) is 22.2 Å². The Labute approximate surface area is 299 Å². The molecule has 0 spiro atoms. The van der Waals surface area contributed by atoms with Crippen molar-refractivity contribution in [2.24, 2.45) is 17.6 Å².